The zero-order valence-electron chi connectivity index (χ0n) is 30.9. The Morgan fingerprint density at radius 1 is 1.04 bits per heavy atom. The normalized spacial score (nSPS) is 20.1. The third-order valence-electron chi connectivity index (χ3n) is 11.2. The van der Waals surface area contributed by atoms with Crippen molar-refractivity contribution in [2.75, 3.05) is 76.5 Å². The van der Waals surface area contributed by atoms with Crippen LogP contribution in [0.1, 0.15) is 57.2 Å². The molecule has 0 spiro atoms. The molecule has 3 fully saturated rings. The van der Waals surface area contributed by atoms with Crippen LogP contribution in [-0.2, 0) is 16.0 Å². The molecule has 57 heavy (non-hydrogen) atoms. The number of piperidine rings is 1. The summed E-state index contributed by atoms with van der Waals surface area (Å²) in [6.07, 6.45) is -0.561. The first-order valence-corrected chi connectivity index (χ1v) is 19.1. The van der Waals surface area contributed by atoms with Crippen LogP contribution in [0.2, 0.25) is 5.02 Å². The maximum absolute atomic E-state index is 14.7. The van der Waals surface area contributed by atoms with Gasteiger partial charge in [-0.25, -0.2) is 22.9 Å². The standard InChI is InChI=1S/C38H42ClF3N10O5/c39-29-15-24(47-36(55)35-45-18-25(46-35)14-28-32(48-49-33(28)34(41)42)27-3-1-23(43)13-30(27)40)2-4-26(29)38(57)51-9-7-50(8-10-51)37(56)22-5-11-52(12-6-22,20-31(53)54)19-21-16-44-17-21/h1-4,13,15,18,21-22,34,44H,5-12,14,16-17,19-20H2,(H5-,43,45,46,47,48,49,53,54,55,57)/p+1. The van der Waals surface area contributed by atoms with Gasteiger partial charge in [0.25, 0.3) is 18.2 Å². The molecule has 0 bridgehead atoms. The quantitative estimate of drug-likeness (QED) is 0.0910. The van der Waals surface area contributed by atoms with E-state index in [1.807, 2.05) is 0 Å². The zero-order valence-corrected chi connectivity index (χ0v) is 31.6. The van der Waals surface area contributed by atoms with Crippen LogP contribution in [0, 0.1) is 17.7 Å². The molecule has 7 rings (SSSR count). The van der Waals surface area contributed by atoms with E-state index in [0.29, 0.717) is 62.5 Å². The number of nitrogens with two attached hydrogens (primary N) is 1. The summed E-state index contributed by atoms with van der Waals surface area (Å²) in [5, 5.41) is 21.8. The van der Waals surface area contributed by atoms with Gasteiger partial charge >= 0.3 is 5.97 Å². The van der Waals surface area contributed by atoms with Gasteiger partial charge in [0.1, 0.15) is 11.5 Å². The van der Waals surface area contributed by atoms with Crippen LogP contribution >= 0.6 is 11.6 Å². The van der Waals surface area contributed by atoms with Crippen molar-refractivity contribution < 1.29 is 41.9 Å². The highest BCUT2D eigenvalue weighted by atomic mass is 35.5. The summed E-state index contributed by atoms with van der Waals surface area (Å²) < 4.78 is 42.9. The summed E-state index contributed by atoms with van der Waals surface area (Å²) >= 11 is 6.53. The Hall–Kier alpha value is -5.46. The number of carbonyl (C=O) groups is 4. The number of nitrogens with zero attached hydrogens (tertiary/aromatic N) is 5. The molecule has 0 atom stereocenters. The number of aromatic nitrogens is 4. The molecule has 0 saturated carbocycles. The van der Waals surface area contributed by atoms with E-state index in [9.17, 15) is 37.5 Å². The number of benzene rings is 2. The zero-order chi connectivity index (χ0) is 40.4. The van der Waals surface area contributed by atoms with Crippen LogP contribution in [-0.4, -0.2) is 129 Å². The number of piperazine rings is 1. The minimum absolute atomic E-state index is 0.00182. The van der Waals surface area contributed by atoms with Gasteiger partial charge in [-0.05, 0) is 36.4 Å². The van der Waals surface area contributed by atoms with Crippen molar-refractivity contribution in [3.8, 4) is 11.3 Å². The predicted octanol–water partition coefficient (Wildman–Crippen LogP) is 3.77. The third-order valence-corrected chi connectivity index (χ3v) is 11.5. The molecule has 5 heterocycles. The average Bonchev–Trinajstić information content (AvgIpc) is 3.81. The Labute approximate surface area is 330 Å². The summed E-state index contributed by atoms with van der Waals surface area (Å²) in [7, 11) is 0. The number of hydrogen-bond acceptors (Lipinski definition) is 8. The maximum Gasteiger partial charge on any atom is 0.359 e. The van der Waals surface area contributed by atoms with E-state index in [1.165, 1.54) is 36.5 Å². The predicted molar refractivity (Wildman–Crippen MR) is 203 cm³/mol. The highest BCUT2D eigenvalue weighted by molar-refractivity contribution is 6.34. The SMILES string of the molecule is Nc1ccc(-c2[nH]nc(C(F)F)c2Cc2cnc(C(=O)Nc3ccc(C(=O)N4CCN(C(=O)C5CC[N+](CC(=O)O)(CC6CNC6)CC5)CC4)c(Cl)c3)[nH]2)c(F)c1. The Morgan fingerprint density at radius 3 is 2.39 bits per heavy atom. The fourth-order valence-electron chi connectivity index (χ4n) is 8.05. The molecule has 2 aromatic carbocycles. The number of carboxylic acid groups (broad SMARTS) is 1. The Balaban J connectivity index is 0.925. The Morgan fingerprint density at radius 2 is 1.75 bits per heavy atom. The van der Waals surface area contributed by atoms with E-state index < -0.39 is 29.8 Å². The van der Waals surface area contributed by atoms with Crippen LogP contribution in [0.3, 0.4) is 0 Å². The van der Waals surface area contributed by atoms with Gasteiger partial charge < -0.3 is 40.7 Å². The van der Waals surface area contributed by atoms with Crippen LogP contribution in [0.25, 0.3) is 11.3 Å². The number of imidazole rings is 1. The molecule has 4 aromatic rings. The van der Waals surface area contributed by atoms with Gasteiger partial charge in [-0.3, -0.25) is 19.5 Å². The monoisotopic (exact) mass is 811 g/mol. The first-order chi connectivity index (χ1) is 27.3. The number of nitrogens with one attached hydrogen (secondary N) is 4. The fraction of sp³-hybridized carbons (Fsp3) is 0.421. The van der Waals surface area contributed by atoms with Gasteiger partial charge in [0, 0.05) is 105 Å². The van der Waals surface area contributed by atoms with E-state index in [4.69, 9.17) is 17.3 Å². The van der Waals surface area contributed by atoms with Crippen molar-refractivity contribution in [2.24, 2.45) is 11.8 Å². The number of carbonyl (C=O) groups excluding carboxylic acids is 3. The number of alkyl halides is 2. The lowest BCUT2D eigenvalue weighted by Crippen LogP contribution is -2.62. The fourth-order valence-corrected chi connectivity index (χ4v) is 8.31. The minimum Gasteiger partial charge on any atom is -0.477 e. The topological polar surface area (TPSA) is 202 Å². The van der Waals surface area contributed by atoms with Crippen LogP contribution in [0.5, 0.6) is 0 Å². The number of rotatable bonds is 12. The first-order valence-electron chi connectivity index (χ1n) is 18.7. The van der Waals surface area contributed by atoms with E-state index in [2.05, 4.69) is 30.8 Å². The number of halogens is 4. The molecule has 15 nitrogen and oxygen atoms in total. The summed E-state index contributed by atoms with van der Waals surface area (Å²) in [6.45, 7) is 5.34. The van der Waals surface area contributed by atoms with E-state index in [1.54, 1.807) is 9.80 Å². The van der Waals surface area contributed by atoms with Crippen LogP contribution in [0.15, 0.2) is 42.6 Å². The van der Waals surface area contributed by atoms with E-state index >= 15 is 0 Å². The summed E-state index contributed by atoms with van der Waals surface area (Å²) in [5.41, 5.74) is 6.08. The number of anilines is 2. The largest absolute Gasteiger partial charge is 0.477 e. The lowest BCUT2D eigenvalue weighted by Gasteiger charge is -2.46. The molecule has 3 saturated heterocycles. The Kier molecular flexibility index (Phi) is 11.6. The lowest BCUT2D eigenvalue weighted by molar-refractivity contribution is -0.929. The molecule has 0 unspecified atom stereocenters. The van der Waals surface area contributed by atoms with Crippen LogP contribution in [0.4, 0.5) is 24.5 Å². The molecule has 3 aliphatic heterocycles. The minimum atomic E-state index is -2.96. The molecule has 3 aliphatic rings. The van der Waals surface area contributed by atoms with Crippen molar-refractivity contribution in [1.29, 1.82) is 0 Å². The Bertz CT molecular complexity index is 2160. The summed E-state index contributed by atoms with van der Waals surface area (Å²) in [5.74, 6) is -2.33. The summed E-state index contributed by atoms with van der Waals surface area (Å²) in [4.78, 5) is 62.0. The number of hydrogen-bond donors (Lipinski definition) is 6. The number of quaternary nitrogens is 1. The molecule has 7 N–H and O–H groups in total. The van der Waals surface area contributed by atoms with Crippen molar-refractivity contribution in [1.82, 2.24) is 35.3 Å². The number of aromatic amines is 2. The first kappa shape index (κ1) is 39.8. The van der Waals surface area contributed by atoms with Gasteiger partial charge in [0.2, 0.25) is 5.91 Å². The van der Waals surface area contributed by atoms with Crippen molar-refractivity contribution in [3.05, 3.63) is 81.8 Å². The number of aliphatic carboxylic acids is 1. The molecule has 3 amide bonds. The molecule has 302 valence electrons. The summed E-state index contributed by atoms with van der Waals surface area (Å²) in [6, 6.07) is 8.31. The molecule has 0 aliphatic carbocycles. The highest BCUT2D eigenvalue weighted by Crippen LogP contribution is 2.34. The highest BCUT2D eigenvalue weighted by Gasteiger charge is 2.42. The van der Waals surface area contributed by atoms with Gasteiger partial charge in [-0.2, -0.15) is 5.10 Å². The molecule has 0 radical (unpaired) electrons. The number of likely N-dealkylation sites (tertiary alicyclic amines) is 1. The molecular formula is C38H43ClF3N10O5+. The number of nitrogen functional groups attached to an aromatic ring is 1. The van der Waals surface area contributed by atoms with Crippen molar-refractivity contribution in [3.63, 3.8) is 0 Å². The number of carboxylic acids is 1. The molecule has 2 aromatic heterocycles. The maximum atomic E-state index is 14.7. The number of amides is 3. The second kappa shape index (κ2) is 16.6. The smallest absolute Gasteiger partial charge is 0.359 e. The number of H-pyrrole nitrogens is 2. The third kappa shape index (κ3) is 8.77. The van der Waals surface area contributed by atoms with Gasteiger partial charge in [-0.1, -0.05) is 11.6 Å². The second-order valence-corrected chi connectivity index (χ2v) is 15.4. The van der Waals surface area contributed by atoms with Crippen molar-refractivity contribution in [2.45, 2.75) is 25.7 Å². The van der Waals surface area contributed by atoms with Crippen LogP contribution < -0.4 is 16.4 Å². The molecular weight excluding hydrogens is 769 g/mol. The van der Waals surface area contributed by atoms with Gasteiger partial charge in [0.05, 0.1) is 35.9 Å². The van der Waals surface area contributed by atoms with E-state index in [0.717, 1.165) is 25.7 Å². The van der Waals surface area contributed by atoms with Crippen molar-refractivity contribution >= 4 is 46.7 Å². The average molecular weight is 812 g/mol. The van der Waals surface area contributed by atoms with Gasteiger partial charge in [0.15, 0.2) is 12.4 Å². The second-order valence-electron chi connectivity index (χ2n) is 15.0. The van der Waals surface area contributed by atoms with Gasteiger partial charge in [-0.15, -0.1) is 0 Å². The molecule has 19 heteroatoms. The van der Waals surface area contributed by atoms with E-state index in [-0.39, 0.29) is 81.0 Å². The lowest BCUT2D eigenvalue weighted by atomic mass is 9.90.